The average molecular weight is 301 g/mol. The minimum absolute atomic E-state index is 0.100. The zero-order chi connectivity index (χ0) is 15.7. The number of hydrogen-bond donors (Lipinski definition) is 2. The summed E-state index contributed by atoms with van der Waals surface area (Å²) in [6.07, 6.45) is 1.51. The molecule has 5 nitrogen and oxygen atoms in total. The Bertz CT molecular complexity index is 680. The normalized spacial score (nSPS) is 22.2. The molecule has 118 valence electrons. The molecule has 2 heterocycles. The van der Waals surface area contributed by atoms with E-state index in [2.05, 4.69) is 9.97 Å². The summed E-state index contributed by atoms with van der Waals surface area (Å²) in [4.78, 5) is 21.9. The van der Waals surface area contributed by atoms with E-state index in [4.69, 9.17) is 0 Å². The van der Waals surface area contributed by atoms with Gasteiger partial charge in [-0.15, -0.1) is 0 Å². The van der Waals surface area contributed by atoms with Crippen LogP contribution >= 0.6 is 0 Å². The summed E-state index contributed by atoms with van der Waals surface area (Å²) in [5, 5.41) is 9.90. The van der Waals surface area contributed by atoms with Gasteiger partial charge in [0.2, 0.25) is 5.91 Å². The van der Waals surface area contributed by atoms with Gasteiger partial charge in [0.25, 0.3) is 0 Å². The van der Waals surface area contributed by atoms with Crippen molar-refractivity contribution >= 4 is 16.9 Å². The number of aliphatic hydroxyl groups excluding tert-OH is 1. The summed E-state index contributed by atoms with van der Waals surface area (Å²) in [6.45, 7) is 5.27. The minimum Gasteiger partial charge on any atom is -0.391 e. The van der Waals surface area contributed by atoms with Gasteiger partial charge >= 0.3 is 0 Å². The molecule has 1 amide bonds. The molecule has 1 saturated heterocycles. The van der Waals surface area contributed by atoms with E-state index in [-0.39, 0.29) is 11.8 Å². The number of H-pyrrole nitrogens is 1. The van der Waals surface area contributed by atoms with Gasteiger partial charge in [-0.3, -0.25) is 4.79 Å². The molecule has 2 atom stereocenters. The highest BCUT2D eigenvalue weighted by molar-refractivity contribution is 5.79. The van der Waals surface area contributed by atoms with Crippen LogP contribution in [0.5, 0.6) is 0 Å². The largest absolute Gasteiger partial charge is 0.391 e. The quantitative estimate of drug-likeness (QED) is 0.911. The van der Waals surface area contributed by atoms with Crippen molar-refractivity contribution in [2.24, 2.45) is 5.92 Å². The molecule has 1 fully saturated rings. The summed E-state index contributed by atoms with van der Waals surface area (Å²) in [5.41, 5.74) is 3.14. The Hall–Kier alpha value is -1.88. The molecule has 2 aromatic rings. The number of aryl methyl sites for hydroxylation is 2. The second kappa shape index (κ2) is 6.08. The fraction of sp³-hybridized carbons (Fsp3) is 0.529. The summed E-state index contributed by atoms with van der Waals surface area (Å²) < 4.78 is 0. The maximum absolute atomic E-state index is 12.3. The lowest BCUT2D eigenvalue weighted by Gasteiger charge is -2.34. The molecule has 0 saturated carbocycles. The SMILES string of the molecule is Cc1cccc2[nH]c(CCC(=O)N3CCC(C)C(O)C3)nc12. The molecule has 0 bridgehead atoms. The van der Waals surface area contributed by atoms with Crippen molar-refractivity contribution in [1.29, 1.82) is 0 Å². The fourth-order valence-electron chi connectivity index (χ4n) is 3.00. The zero-order valence-electron chi connectivity index (χ0n) is 13.2. The molecule has 3 rings (SSSR count). The first-order chi connectivity index (χ1) is 10.5. The van der Waals surface area contributed by atoms with E-state index in [1.165, 1.54) is 0 Å². The van der Waals surface area contributed by atoms with Crippen LogP contribution in [0.15, 0.2) is 18.2 Å². The smallest absolute Gasteiger partial charge is 0.223 e. The van der Waals surface area contributed by atoms with Crippen molar-refractivity contribution in [2.75, 3.05) is 13.1 Å². The van der Waals surface area contributed by atoms with Crippen LogP contribution in [-0.2, 0) is 11.2 Å². The Balaban J connectivity index is 1.61. The molecular formula is C17H23N3O2. The Morgan fingerprint density at radius 3 is 3.05 bits per heavy atom. The standard InChI is InChI=1S/C17H23N3O2/c1-11-8-9-20(10-14(11)21)16(22)7-6-15-18-13-5-3-4-12(2)17(13)19-15/h3-5,11,14,21H,6-10H2,1-2H3,(H,18,19). The lowest BCUT2D eigenvalue weighted by molar-refractivity contribution is -0.135. The number of amides is 1. The van der Waals surface area contributed by atoms with Crippen LogP contribution in [0.1, 0.15) is 31.2 Å². The van der Waals surface area contributed by atoms with Crippen molar-refractivity contribution in [3.63, 3.8) is 0 Å². The number of imidazole rings is 1. The van der Waals surface area contributed by atoms with Crippen LogP contribution in [-0.4, -0.2) is 45.1 Å². The van der Waals surface area contributed by atoms with Crippen molar-refractivity contribution in [2.45, 2.75) is 39.2 Å². The Labute approximate surface area is 130 Å². The molecule has 1 aliphatic heterocycles. The van der Waals surface area contributed by atoms with Crippen LogP contribution in [0.3, 0.4) is 0 Å². The number of nitrogens with zero attached hydrogens (tertiary/aromatic N) is 2. The van der Waals surface area contributed by atoms with E-state index >= 15 is 0 Å². The number of fused-ring (bicyclic) bond motifs is 1. The van der Waals surface area contributed by atoms with E-state index in [1.807, 2.05) is 32.0 Å². The van der Waals surface area contributed by atoms with Gasteiger partial charge < -0.3 is 15.0 Å². The number of β-amino-alcohol motifs (C(OH)–C–C–N with tert-alkyl or cyclic N) is 1. The third kappa shape index (κ3) is 2.99. The molecule has 2 N–H and O–H groups in total. The second-order valence-electron chi connectivity index (χ2n) is 6.33. The van der Waals surface area contributed by atoms with Crippen LogP contribution in [0, 0.1) is 12.8 Å². The van der Waals surface area contributed by atoms with Crippen molar-refractivity contribution in [3.8, 4) is 0 Å². The summed E-state index contributed by atoms with van der Waals surface area (Å²) >= 11 is 0. The Kier molecular flexibility index (Phi) is 4.16. The summed E-state index contributed by atoms with van der Waals surface area (Å²) in [7, 11) is 0. The minimum atomic E-state index is -0.397. The van der Waals surface area contributed by atoms with Gasteiger partial charge in [-0.25, -0.2) is 4.98 Å². The Morgan fingerprint density at radius 2 is 2.32 bits per heavy atom. The third-order valence-corrected chi connectivity index (χ3v) is 4.61. The van der Waals surface area contributed by atoms with Crippen LogP contribution < -0.4 is 0 Å². The van der Waals surface area contributed by atoms with E-state index < -0.39 is 6.10 Å². The number of carbonyl (C=O) groups is 1. The van der Waals surface area contributed by atoms with Gasteiger partial charge in [0.05, 0.1) is 17.1 Å². The number of aromatic nitrogens is 2. The van der Waals surface area contributed by atoms with Crippen LogP contribution in [0.25, 0.3) is 11.0 Å². The summed E-state index contributed by atoms with van der Waals surface area (Å²) in [6, 6.07) is 6.04. The van der Waals surface area contributed by atoms with Gasteiger partial charge in [-0.2, -0.15) is 0 Å². The maximum Gasteiger partial charge on any atom is 0.223 e. The number of piperidine rings is 1. The van der Waals surface area contributed by atoms with Gasteiger partial charge in [-0.05, 0) is 30.9 Å². The van der Waals surface area contributed by atoms with Crippen LogP contribution in [0.4, 0.5) is 0 Å². The zero-order valence-corrected chi connectivity index (χ0v) is 13.2. The van der Waals surface area contributed by atoms with E-state index in [1.54, 1.807) is 4.90 Å². The predicted molar refractivity (Wildman–Crippen MR) is 85.5 cm³/mol. The van der Waals surface area contributed by atoms with Gasteiger partial charge in [0.15, 0.2) is 0 Å². The molecule has 0 aliphatic carbocycles. The second-order valence-corrected chi connectivity index (χ2v) is 6.33. The van der Waals surface area contributed by atoms with Crippen molar-refractivity contribution < 1.29 is 9.90 Å². The Morgan fingerprint density at radius 1 is 1.50 bits per heavy atom. The predicted octanol–water partition coefficient (Wildman–Crippen LogP) is 2.03. The monoisotopic (exact) mass is 301 g/mol. The first-order valence-electron chi connectivity index (χ1n) is 7.94. The average Bonchev–Trinajstić information content (AvgIpc) is 2.92. The molecule has 0 radical (unpaired) electrons. The topological polar surface area (TPSA) is 69.2 Å². The number of para-hydroxylation sites is 1. The highest BCUT2D eigenvalue weighted by Gasteiger charge is 2.27. The van der Waals surface area contributed by atoms with Crippen molar-refractivity contribution in [3.05, 3.63) is 29.6 Å². The number of aliphatic hydroxyl groups is 1. The van der Waals surface area contributed by atoms with E-state index in [0.717, 1.165) is 35.4 Å². The molecular weight excluding hydrogens is 278 g/mol. The number of nitrogens with one attached hydrogen (secondary N) is 1. The maximum atomic E-state index is 12.3. The highest BCUT2D eigenvalue weighted by Crippen LogP contribution is 2.19. The summed E-state index contributed by atoms with van der Waals surface area (Å²) in [5.74, 6) is 1.23. The van der Waals surface area contributed by atoms with Gasteiger partial charge in [-0.1, -0.05) is 19.1 Å². The molecule has 1 aromatic carbocycles. The van der Waals surface area contributed by atoms with E-state index in [9.17, 15) is 9.90 Å². The number of hydrogen-bond acceptors (Lipinski definition) is 3. The molecule has 22 heavy (non-hydrogen) atoms. The number of rotatable bonds is 3. The number of benzene rings is 1. The number of carbonyl (C=O) groups excluding carboxylic acids is 1. The van der Waals surface area contributed by atoms with Crippen LogP contribution in [0.2, 0.25) is 0 Å². The molecule has 1 aromatic heterocycles. The highest BCUT2D eigenvalue weighted by atomic mass is 16.3. The van der Waals surface area contributed by atoms with Gasteiger partial charge in [0, 0.05) is 25.9 Å². The lowest BCUT2D eigenvalue weighted by Crippen LogP contribution is -2.45. The third-order valence-electron chi connectivity index (χ3n) is 4.61. The molecule has 1 aliphatic rings. The first kappa shape index (κ1) is 15.0. The molecule has 0 spiro atoms. The lowest BCUT2D eigenvalue weighted by atomic mass is 9.96. The van der Waals surface area contributed by atoms with E-state index in [0.29, 0.717) is 19.4 Å². The fourth-order valence-corrected chi connectivity index (χ4v) is 3.00. The van der Waals surface area contributed by atoms with Gasteiger partial charge in [0.1, 0.15) is 5.82 Å². The molecule has 5 heteroatoms. The molecule has 2 unspecified atom stereocenters. The first-order valence-corrected chi connectivity index (χ1v) is 7.94. The number of likely N-dealkylation sites (tertiary alicyclic amines) is 1. The number of aromatic amines is 1. The van der Waals surface area contributed by atoms with Crippen molar-refractivity contribution in [1.82, 2.24) is 14.9 Å².